The first kappa shape index (κ1) is 20.1. The van der Waals surface area contributed by atoms with Gasteiger partial charge in [-0.2, -0.15) is 0 Å². The first-order valence-corrected chi connectivity index (χ1v) is 11.5. The zero-order valence-corrected chi connectivity index (χ0v) is 17.8. The lowest BCUT2D eigenvalue weighted by atomic mass is 9.57. The van der Waals surface area contributed by atoms with Gasteiger partial charge in [-0.3, -0.25) is 4.79 Å². The highest BCUT2D eigenvalue weighted by atomic mass is 17.3. The first-order chi connectivity index (χ1) is 13.8. The topological polar surface area (TPSA) is 74.2 Å². The molecule has 6 nitrogen and oxygen atoms in total. The van der Waals surface area contributed by atoms with Crippen LogP contribution in [0.3, 0.4) is 0 Å². The molecule has 1 N–H and O–H groups in total. The van der Waals surface area contributed by atoms with E-state index in [9.17, 15) is 9.90 Å². The number of ketones is 1. The summed E-state index contributed by atoms with van der Waals surface area (Å²) in [6, 6.07) is 0. The molecule has 1 spiro atoms. The maximum absolute atomic E-state index is 12.3. The summed E-state index contributed by atoms with van der Waals surface area (Å²) in [6.07, 6.45) is 7.14. The van der Waals surface area contributed by atoms with Crippen LogP contribution in [0.4, 0.5) is 0 Å². The van der Waals surface area contributed by atoms with Gasteiger partial charge in [0.05, 0.1) is 12.2 Å². The van der Waals surface area contributed by atoms with Crippen LogP contribution in [0.2, 0.25) is 0 Å². The molecule has 9 atom stereocenters. The van der Waals surface area contributed by atoms with E-state index in [0.717, 1.165) is 38.5 Å². The number of aliphatic hydroxyl groups is 1. The van der Waals surface area contributed by atoms with Gasteiger partial charge in [0.1, 0.15) is 0 Å². The van der Waals surface area contributed by atoms with Crippen LogP contribution >= 0.6 is 0 Å². The van der Waals surface area contributed by atoms with Gasteiger partial charge >= 0.3 is 0 Å². The molecule has 6 aliphatic rings. The number of rotatable bonds is 3. The summed E-state index contributed by atoms with van der Waals surface area (Å²) in [5.41, 5.74) is -0.00796. The fraction of sp³-hybridized carbons (Fsp3) is 0.870. The molecule has 0 aromatic heterocycles. The van der Waals surface area contributed by atoms with Gasteiger partial charge in [-0.25, -0.2) is 9.78 Å². The molecule has 5 fully saturated rings. The molecular weight excluding hydrogens is 372 g/mol. The molecule has 0 aromatic carbocycles. The van der Waals surface area contributed by atoms with Gasteiger partial charge in [-0.1, -0.05) is 19.9 Å². The molecule has 2 bridgehead atoms. The van der Waals surface area contributed by atoms with Crippen LogP contribution in [0, 0.1) is 23.7 Å². The van der Waals surface area contributed by atoms with Crippen LogP contribution in [0.5, 0.6) is 0 Å². The summed E-state index contributed by atoms with van der Waals surface area (Å²) in [6.45, 7) is 6.42. The number of fused-ring (bicyclic) bond motifs is 2. The van der Waals surface area contributed by atoms with Crippen LogP contribution in [0.15, 0.2) is 11.6 Å². The van der Waals surface area contributed by atoms with Gasteiger partial charge in [-0.05, 0) is 56.8 Å². The van der Waals surface area contributed by atoms with Crippen molar-refractivity contribution in [2.75, 3.05) is 0 Å². The summed E-state index contributed by atoms with van der Waals surface area (Å²) in [7, 11) is 0. The second-order valence-electron chi connectivity index (χ2n) is 10.2. The van der Waals surface area contributed by atoms with E-state index < -0.39 is 23.8 Å². The van der Waals surface area contributed by atoms with Gasteiger partial charge < -0.3 is 14.6 Å². The molecule has 1 saturated carbocycles. The predicted octanol–water partition coefficient (Wildman–Crippen LogP) is 3.67. The van der Waals surface area contributed by atoms with Gasteiger partial charge in [0.25, 0.3) is 0 Å². The van der Waals surface area contributed by atoms with Crippen molar-refractivity contribution in [2.45, 2.75) is 102 Å². The molecule has 0 radical (unpaired) electrons. The van der Waals surface area contributed by atoms with Gasteiger partial charge in [0, 0.05) is 30.8 Å². The third-order valence-corrected chi connectivity index (χ3v) is 8.40. The molecule has 4 saturated heterocycles. The van der Waals surface area contributed by atoms with Crippen molar-refractivity contribution in [3.63, 3.8) is 0 Å². The summed E-state index contributed by atoms with van der Waals surface area (Å²) < 4.78 is 12.9. The lowest BCUT2D eigenvalue weighted by Crippen LogP contribution is -2.70. The van der Waals surface area contributed by atoms with Crippen molar-refractivity contribution < 1.29 is 29.1 Å². The highest BCUT2D eigenvalue weighted by Crippen LogP contribution is 2.60. The minimum Gasteiger partial charge on any atom is -0.388 e. The number of allylic oxidation sites excluding steroid dienone is 1. The lowest BCUT2D eigenvalue weighted by molar-refractivity contribution is -0.571. The molecule has 162 valence electrons. The lowest BCUT2D eigenvalue weighted by Gasteiger charge is -2.60. The van der Waals surface area contributed by atoms with Gasteiger partial charge in [-0.15, -0.1) is 0 Å². The number of carbonyl (C=O) groups excluding carboxylic acids is 1. The smallest absolute Gasteiger partial charge is 0.201 e. The van der Waals surface area contributed by atoms with E-state index in [1.165, 1.54) is 0 Å². The number of aliphatic hydroxyl groups excluding tert-OH is 1. The quantitative estimate of drug-likeness (QED) is 0.721. The van der Waals surface area contributed by atoms with Crippen molar-refractivity contribution in [1.29, 1.82) is 0 Å². The SMILES string of the molecule is C[C@H]1[C@@H](C[C@@H](O)C2=CCCCC2=O)O[C@@H]2O[C@@]3(C)CC[C@H]4[C@H](C)CC[C@@H]1[C@@]24OO3. The number of hydrogen-bond acceptors (Lipinski definition) is 6. The molecule has 4 heterocycles. The van der Waals surface area contributed by atoms with E-state index in [2.05, 4.69) is 13.8 Å². The average Bonchev–Trinajstić information content (AvgIpc) is 2.92. The molecule has 6 heteroatoms. The monoisotopic (exact) mass is 406 g/mol. The minimum absolute atomic E-state index is 0.0734. The van der Waals surface area contributed by atoms with E-state index in [0.29, 0.717) is 30.3 Å². The third-order valence-electron chi connectivity index (χ3n) is 8.40. The molecule has 0 aromatic rings. The number of hydrogen-bond donors (Lipinski definition) is 1. The molecule has 4 aliphatic heterocycles. The Morgan fingerprint density at radius 2 is 2.03 bits per heavy atom. The largest absolute Gasteiger partial charge is 0.388 e. The van der Waals surface area contributed by atoms with Crippen LogP contribution < -0.4 is 0 Å². The minimum atomic E-state index is -0.789. The van der Waals surface area contributed by atoms with Crippen LogP contribution in [-0.4, -0.2) is 40.8 Å². The Hall–Kier alpha value is -0.790. The Morgan fingerprint density at radius 1 is 1.21 bits per heavy atom. The maximum Gasteiger partial charge on any atom is 0.201 e. The van der Waals surface area contributed by atoms with E-state index in [1.54, 1.807) is 0 Å². The van der Waals surface area contributed by atoms with Gasteiger partial charge in [0.2, 0.25) is 5.79 Å². The Labute approximate surface area is 172 Å². The zero-order valence-electron chi connectivity index (χ0n) is 17.8. The van der Waals surface area contributed by atoms with Crippen molar-refractivity contribution in [1.82, 2.24) is 0 Å². The number of Topliss-reactive ketones (excluding diaryl/α,β-unsaturated/α-hetero) is 1. The fourth-order valence-electron chi connectivity index (χ4n) is 6.70. The standard InChI is InChI=1S/C23H34O6/c1-13-8-9-17-14(2)20(12-19(25)15-6-4-5-7-18(15)24)26-21-23(17)16(13)10-11-22(3,27-21)28-29-23/h6,13-14,16-17,19-21,25H,4-5,7-12H2,1-3H3/t13-,14-,16+,17+,19-,20-,21-,22-,23-/m1/s1. The Balaban J connectivity index is 1.43. The summed E-state index contributed by atoms with van der Waals surface area (Å²) in [5, 5.41) is 10.8. The van der Waals surface area contributed by atoms with Crippen molar-refractivity contribution >= 4 is 5.78 Å². The second-order valence-corrected chi connectivity index (χ2v) is 10.2. The summed E-state index contributed by atoms with van der Waals surface area (Å²) >= 11 is 0. The predicted molar refractivity (Wildman–Crippen MR) is 104 cm³/mol. The number of ether oxygens (including phenoxy) is 2. The molecular formula is C23H34O6. The first-order valence-electron chi connectivity index (χ1n) is 11.5. The molecule has 6 rings (SSSR count). The average molecular weight is 407 g/mol. The third kappa shape index (κ3) is 3.06. The van der Waals surface area contributed by atoms with Crippen LogP contribution in [0.1, 0.15) is 72.1 Å². The van der Waals surface area contributed by atoms with Crippen LogP contribution in [-0.2, 0) is 24.0 Å². The Kier molecular flexibility index (Phi) is 4.95. The Morgan fingerprint density at radius 3 is 2.83 bits per heavy atom. The normalized spacial score (nSPS) is 50.5. The molecule has 2 aliphatic carbocycles. The Bertz CT molecular complexity index is 705. The zero-order chi connectivity index (χ0) is 20.4. The van der Waals surface area contributed by atoms with E-state index in [1.807, 2.05) is 13.0 Å². The fourth-order valence-corrected chi connectivity index (χ4v) is 6.70. The van der Waals surface area contributed by atoms with Crippen molar-refractivity contribution in [3.05, 3.63) is 11.6 Å². The maximum atomic E-state index is 12.3. The number of carbonyl (C=O) groups is 1. The summed E-state index contributed by atoms with van der Waals surface area (Å²) in [5.74, 6) is 0.590. The van der Waals surface area contributed by atoms with E-state index in [-0.39, 0.29) is 23.7 Å². The molecule has 0 amide bonds. The second kappa shape index (κ2) is 7.13. The molecule has 29 heavy (non-hydrogen) atoms. The molecule has 0 unspecified atom stereocenters. The highest BCUT2D eigenvalue weighted by molar-refractivity contribution is 5.96. The highest BCUT2D eigenvalue weighted by Gasteiger charge is 2.69. The van der Waals surface area contributed by atoms with Gasteiger partial charge in [0.15, 0.2) is 17.7 Å². The van der Waals surface area contributed by atoms with Crippen molar-refractivity contribution in [2.24, 2.45) is 23.7 Å². The van der Waals surface area contributed by atoms with E-state index >= 15 is 0 Å². The van der Waals surface area contributed by atoms with Crippen LogP contribution in [0.25, 0.3) is 0 Å². The summed E-state index contributed by atoms with van der Waals surface area (Å²) in [4.78, 5) is 24.3. The van der Waals surface area contributed by atoms with E-state index in [4.69, 9.17) is 19.2 Å². The van der Waals surface area contributed by atoms with Crippen molar-refractivity contribution in [3.8, 4) is 0 Å².